The molecule has 0 unspecified atom stereocenters. The molecule has 1 nitrogen and oxygen atoms in total. The molecular weight excluding hydrogens is 278 g/mol. The van der Waals surface area contributed by atoms with Crippen LogP contribution in [0.4, 0.5) is 21.7 Å². The molecular formula is C13H9BF5O-. The molecule has 0 N–H and O–H groups in total. The van der Waals surface area contributed by atoms with Crippen molar-refractivity contribution >= 4 is 12.4 Å². The summed E-state index contributed by atoms with van der Waals surface area (Å²) in [7, 11) is 0. The first kappa shape index (κ1) is 14.4. The standard InChI is InChI=1S/C13H9BF5O/c15-10-5-6-13(11(7-10)14(17,18)19)20-8-9-3-1-2-4-12(9)16/h1-7H,8H2/q-1. The number of ether oxygens (including phenoxy) is 1. The zero-order chi connectivity index (χ0) is 14.8. The predicted molar refractivity (Wildman–Crippen MR) is 65.8 cm³/mol. The molecule has 2 aromatic rings. The van der Waals surface area contributed by atoms with Gasteiger partial charge in [0.05, 0.1) is 5.75 Å². The van der Waals surface area contributed by atoms with Crippen molar-refractivity contribution in [3.8, 4) is 5.75 Å². The molecule has 2 rings (SSSR count). The van der Waals surface area contributed by atoms with Crippen LogP contribution in [0.5, 0.6) is 5.75 Å². The summed E-state index contributed by atoms with van der Waals surface area (Å²) in [6.45, 7) is -5.77. The normalized spacial score (nSPS) is 11.4. The average Bonchev–Trinajstić information content (AvgIpc) is 2.38. The minimum absolute atomic E-state index is 0.123. The Labute approximate surface area is 112 Å². The van der Waals surface area contributed by atoms with Gasteiger partial charge in [0.1, 0.15) is 18.2 Å². The lowest BCUT2D eigenvalue weighted by atomic mass is 9.79. The maximum Gasteiger partial charge on any atom is 0.513 e. The molecule has 0 aromatic heterocycles. The predicted octanol–water partition coefficient (Wildman–Crippen LogP) is 3.60. The minimum atomic E-state index is -5.41. The highest BCUT2D eigenvalue weighted by molar-refractivity contribution is 6.74. The third kappa shape index (κ3) is 3.29. The maximum absolute atomic E-state index is 13.3. The van der Waals surface area contributed by atoms with Gasteiger partial charge in [-0.15, -0.1) is 0 Å². The summed E-state index contributed by atoms with van der Waals surface area (Å²) in [5.41, 5.74) is -1.04. The Kier molecular flexibility index (Phi) is 3.97. The molecule has 0 saturated carbocycles. The fourth-order valence-electron chi connectivity index (χ4n) is 1.68. The van der Waals surface area contributed by atoms with Crippen molar-refractivity contribution in [1.82, 2.24) is 0 Å². The monoisotopic (exact) mass is 287 g/mol. The van der Waals surface area contributed by atoms with E-state index >= 15 is 0 Å². The summed E-state index contributed by atoms with van der Waals surface area (Å²) in [5, 5.41) is 0. The number of rotatable bonds is 4. The van der Waals surface area contributed by atoms with Crippen molar-refractivity contribution in [2.24, 2.45) is 0 Å². The average molecular weight is 287 g/mol. The van der Waals surface area contributed by atoms with E-state index in [1.165, 1.54) is 18.2 Å². The third-order valence-corrected chi connectivity index (χ3v) is 2.67. The van der Waals surface area contributed by atoms with Gasteiger partial charge in [0.15, 0.2) is 0 Å². The largest absolute Gasteiger partial charge is 0.513 e. The Morgan fingerprint density at radius 1 is 0.950 bits per heavy atom. The Balaban J connectivity index is 2.24. The second-order valence-electron chi connectivity index (χ2n) is 4.14. The van der Waals surface area contributed by atoms with Gasteiger partial charge in [-0.2, -0.15) is 0 Å². The van der Waals surface area contributed by atoms with Crippen molar-refractivity contribution in [2.45, 2.75) is 6.61 Å². The highest BCUT2D eigenvalue weighted by Gasteiger charge is 2.29. The van der Waals surface area contributed by atoms with Gasteiger partial charge >= 0.3 is 6.98 Å². The smallest absolute Gasteiger partial charge is 0.492 e. The van der Waals surface area contributed by atoms with Crippen LogP contribution in [0, 0.1) is 11.6 Å². The van der Waals surface area contributed by atoms with Gasteiger partial charge in [-0.1, -0.05) is 23.7 Å². The summed E-state index contributed by atoms with van der Waals surface area (Å²) < 4.78 is 69.5. The van der Waals surface area contributed by atoms with Crippen LogP contribution in [0.2, 0.25) is 0 Å². The molecule has 0 amide bonds. The van der Waals surface area contributed by atoms with Crippen molar-refractivity contribution in [3.63, 3.8) is 0 Å². The van der Waals surface area contributed by atoms with Gasteiger partial charge in [0.2, 0.25) is 0 Å². The van der Waals surface area contributed by atoms with Crippen LogP contribution in [0.25, 0.3) is 0 Å². The van der Waals surface area contributed by atoms with Crippen LogP contribution in [0.15, 0.2) is 42.5 Å². The number of hydrogen-bond acceptors (Lipinski definition) is 1. The van der Waals surface area contributed by atoms with E-state index in [9.17, 15) is 21.7 Å². The topological polar surface area (TPSA) is 9.23 Å². The van der Waals surface area contributed by atoms with E-state index in [0.717, 1.165) is 12.1 Å². The zero-order valence-electron chi connectivity index (χ0n) is 10.1. The van der Waals surface area contributed by atoms with Crippen LogP contribution >= 0.6 is 0 Å². The van der Waals surface area contributed by atoms with Gasteiger partial charge in [0, 0.05) is 5.56 Å². The molecule has 0 fully saturated rings. The van der Waals surface area contributed by atoms with Crippen LogP contribution in [0.3, 0.4) is 0 Å². The first-order chi connectivity index (χ1) is 9.38. The Bertz CT molecular complexity index is 612. The van der Waals surface area contributed by atoms with E-state index in [1.54, 1.807) is 6.07 Å². The second-order valence-corrected chi connectivity index (χ2v) is 4.14. The van der Waals surface area contributed by atoms with E-state index in [1.807, 2.05) is 0 Å². The van der Waals surface area contributed by atoms with Gasteiger partial charge in [-0.3, -0.25) is 0 Å². The Morgan fingerprint density at radius 3 is 2.30 bits per heavy atom. The van der Waals surface area contributed by atoms with Crippen LogP contribution < -0.4 is 10.2 Å². The molecule has 0 heterocycles. The van der Waals surface area contributed by atoms with Gasteiger partial charge in [-0.05, 0) is 24.3 Å². The van der Waals surface area contributed by atoms with Crippen molar-refractivity contribution in [2.75, 3.05) is 0 Å². The Morgan fingerprint density at radius 2 is 1.65 bits per heavy atom. The molecule has 106 valence electrons. The van der Waals surface area contributed by atoms with Crippen LogP contribution in [0.1, 0.15) is 5.56 Å². The summed E-state index contributed by atoms with van der Waals surface area (Å²) in [5.74, 6) is -2.09. The molecule has 7 heteroatoms. The highest BCUT2D eigenvalue weighted by Crippen LogP contribution is 2.20. The summed E-state index contributed by atoms with van der Waals surface area (Å²) in [6, 6.07) is 7.71. The Hall–Kier alpha value is -2.05. The van der Waals surface area contributed by atoms with Gasteiger partial charge in [-0.25, -0.2) is 8.78 Å². The fourth-order valence-corrected chi connectivity index (χ4v) is 1.68. The zero-order valence-corrected chi connectivity index (χ0v) is 10.1. The van der Waals surface area contributed by atoms with Crippen molar-refractivity contribution in [3.05, 3.63) is 59.7 Å². The lowest BCUT2D eigenvalue weighted by molar-refractivity contribution is 0.300. The first-order valence-electron chi connectivity index (χ1n) is 5.73. The number of benzene rings is 2. The van der Waals surface area contributed by atoms with E-state index in [2.05, 4.69) is 0 Å². The van der Waals surface area contributed by atoms with E-state index in [0.29, 0.717) is 6.07 Å². The molecule has 0 bridgehead atoms. The van der Waals surface area contributed by atoms with E-state index in [-0.39, 0.29) is 12.2 Å². The van der Waals surface area contributed by atoms with Gasteiger partial charge < -0.3 is 17.7 Å². The lowest BCUT2D eigenvalue weighted by Crippen LogP contribution is -2.35. The summed E-state index contributed by atoms with van der Waals surface area (Å²) in [4.78, 5) is 0. The lowest BCUT2D eigenvalue weighted by Gasteiger charge is -2.20. The molecule has 0 aliphatic rings. The van der Waals surface area contributed by atoms with Gasteiger partial charge in [0.25, 0.3) is 0 Å². The first-order valence-corrected chi connectivity index (χ1v) is 5.73. The SMILES string of the molecule is Fc1ccc(OCc2ccccc2F)c([B-](F)(F)F)c1. The van der Waals surface area contributed by atoms with Crippen LogP contribution in [-0.4, -0.2) is 6.98 Å². The molecule has 0 atom stereocenters. The molecule has 0 aliphatic carbocycles. The van der Waals surface area contributed by atoms with Crippen LogP contribution in [-0.2, 0) is 6.61 Å². The molecule has 0 aliphatic heterocycles. The molecule has 2 aromatic carbocycles. The second kappa shape index (κ2) is 5.52. The van der Waals surface area contributed by atoms with E-state index in [4.69, 9.17) is 4.74 Å². The van der Waals surface area contributed by atoms with Crippen molar-refractivity contribution < 1.29 is 26.5 Å². The molecule has 0 saturated heterocycles. The number of hydrogen-bond donors (Lipinski definition) is 0. The maximum atomic E-state index is 13.3. The number of halogens is 5. The fraction of sp³-hybridized carbons (Fsp3) is 0.0769. The van der Waals surface area contributed by atoms with E-state index < -0.39 is 29.8 Å². The highest BCUT2D eigenvalue weighted by atomic mass is 19.4. The minimum Gasteiger partial charge on any atom is -0.492 e. The van der Waals surface area contributed by atoms with Crippen molar-refractivity contribution in [1.29, 1.82) is 0 Å². The summed E-state index contributed by atoms with van der Waals surface area (Å²) >= 11 is 0. The third-order valence-electron chi connectivity index (χ3n) is 2.67. The molecule has 0 radical (unpaired) electrons. The quantitative estimate of drug-likeness (QED) is 0.616. The molecule has 20 heavy (non-hydrogen) atoms. The molecule has 0 spiro atoms. The summed E-state index contributed by atoms with van der Waals surface area (Å²) in [6.07, 6.45) is 0.